The zero-order valence-electron chi connectivity index (χ0n) is 8.67. The Bertz CT molecular complexity index is 409. The van der Waals surface area contributed by atoms with Crippen molar-refractivity contribution in [2.75, 3.05) is 0 Å². The van der Waals surface area contributed by atoms with E-state index < -0.39 is 0 Å². The number of rotatable bonds is 0. The topological polar surface area (TPSA) is 26.0 Å². The maximum Gasteiger partial charge on any atom is 0.192 e. The van der Waals surface area contributed by atoms with Crippen molar-refractivity contribution in [1.29, 1.82) is 0 Å². The molecule has 76 valence electrons. The van der Waals surface area contributed by atoms with Gasteiger partial charge in [0.15, 0.2) is 11.5 Å². The fraction of sp³-hybridized carbons (Fsp3) is 0.364. The second kappa shape index (κ2) is 5.15. The molecule has 0 saturated heterocycles. The fourth-order valence-electron chi connectivity index (χ4n) is 1.02. The van der Waals surface area contributed by atoms with Gasteiger partial charge in [0.25, 0.3) is 0 Å². The van der Waals surface area contributed by atoms with Crippen LogP contribution in [-0.4, -0.2) is 4.98 Å². The van der Waals surface area contributed by atoms with Gasteiger partial charge >= 0.3 is 0 Å². The molecule has 0 bridgehead atoms. The molecule has 0 radical (unpaired) electrons. The number of halogens is 1. The molecule has 14 heavy (non-hydrogen) atoms. The van der Waals surface area contributed by atoms with Crippen LogP contribution in [-0.2, 0) is 0 Å². The van der Waals surface area contributed by atoms with E-state index in [9.17, 15) is 0 Å². The molecule has 0 saturated carbocycles. The van der Waals surface area contributed by atoms with Crippen LogP contribution in [0.3, 0.4) is 0 Å². The van der Waals surface area contributed by atoms with Gasteiger partial charge in [-0.1, -0.05) is 36.2 Å². The molecule has 3 heteroatoms. The summed E-state index contributed by atoms with van der Waals surface area (Å²) in [6, 6.07) is 5.78. The standard InChI is InChI=1S/C8H6BrNO.C3H8/c1-5-10-7-4-6(9)2-3-8(7)11-5;1-3-2/h2-4H,1H3;3H2,1-2H3. The Morgan fingerprint density at radius 2 is 2.00 bits per heavy atom. The first-order valence-electron chi connectivity index (χ1n) is 4.70. The smallest absolute Gasteiger partial charge is 0.192 e. The minimum Gasteiger partial charge on any atom is -0.441 e. The highest BCUT2D eigenvalue weighted by molar-refractivity contribution is 9.10. The number of hydrogen-bond donors (Lipinski definition) is 0. The highest BCUT2D eigenvalue weighted by atomic mass is 79.9. The van der Waals surface area contributed by atoms with Crippen molar-refractivity contribution in [2.45, 2.75) is 27.2 Å². The van der Waals surface area contributed by atoms with Crippen LogP contribution in [0.4, 0.5) is 0 Å². The molecule has 1 aromatic carbocycles. The van der Waals surface area contributed by atoms with E-state index in [1.807, 2.05) is 25.1 Å². The predicted octanol–water partition coefficient (Wildman–Crippen LogP) is 4.32. The number of oxazole rings is 1. The number of aromatic nitrogens is 1. The van der Waals surface area contributed by atoms with Crippen LogP contribution in [0.15, 0.2) is 27.1 Å². The maximum atomic E-state index is 5.29. The van der Waals surface area contributed by atoms with E-state index in [0.29, 0.717) is 5.89 Å². The van der Waals surface area contributed by atoms with Crippen LogP contribution in [0.25, 0.3) is 11.1 Å². The molecular formula is C11H14BrNO. The number of fused-ring (bicyclic) bond motifs is 1. The van der Waals surface area contributed by atoms with Crippen LogP contribution in [0.5, 0.6) is 0 Å². The lowest BCUT2D eigenvalue weighted by atomic mass is 10.3. The zero-order chi connectivity index (χ0) is 10.6. The summed E-state index contributed by atoms with van der Waals surface area (Å²) in [5.74, 6) is 0.707. The Morgan fingerprint density at radius 3 is 2.64 bits per heavy atom. The van der Waals surface area contributed by atoms with E-state index in [-0.39, 0.29) is 0 Å². The SMILES string of the molecule is CCC.Cc1nc2cc(Br)ccc2o1. The molecule has 0 aliphatic heterocycles. The van der Waals surface area contributed by atoms with Gasteiger partial charge in [-0.25, -0.2) is 4.98 Å². The molecule has 0 aliphatic carbocycles. The van der Waals surface area contributed by atoms with Gasteiger partial charge in [-0.15, -0.1) is 0 Å². The first kappa shape index (κ1) is 11.2. The second-order valence-electron chi connectivity index (χ2n) is 3.05. The monoisotopic (exact) mass is 255 g/mol. The summed E-state index contributed by atoms with van der Waals surface area (Å²) in [6.45, 7) is 6.09. The van der Waals surface area contributed by atoms with Crippen LogP contribution < -0.4 is 0 Å². The third kappa shape index (κ3) is 2.84. The van der Waals surface area contributed by atoms with Crippen molar-refractivity contribution in [1.82, 2.24) is 4.98 Å². The van der Waals surface area contributed by atoms with Crippen LogP contribution in [0.1, 0.15) is 26.2 Å². The summed E-state index contributed by atoms with van der Waals surface area (Å²) in [7, 11) is 0. The molecule has 0 unspecified atom stereocenters. The summed E-state index contributed by atoms with van der Waals surface area (Å²) in [4.78, 5) is 4.18. The van der Waals surface area contributed by atoms with Gasteiger partial charge < -0.3 is 4.42 Å². The van der Waals surface area contributed by atoms with Crippen molar-refractivity contribution in [3.63, 3.8) is 0 Å². The summed E-state index contributed by atoms with van der Waals surface area (Å²) >= 11 is 3.36. The Hall–Kier alpha value is -0.830. The number of hydrogen-bond acceptors (Lipinski definition) is 2. The van der Waals surface area contributed by atoms with E-state index in [4.69, 9.17) is 4.42 Å². The Labute approximate surface area is 92.5 Å². The summed E-state index contributed by atoms with van der Waals surface area (Å²) in [5.41, 5.74) is 1.74. The molecule has 2 rings (SSSR count). The molecule has 1 aromatic heterocycles. The summed E-state index contributed by atoms with van der Waals surface area (Å²) in [6.07, 6.45) is 1.25. The van der Waals surface area contributed by atoms with Crippen LogP contribution >= 0.6 is 15.9 Å². The van der Waals surface area contributed by atoms with Crippen LogP contribution in [0.2, 0.25) is 0 Å². The largest absolute Gasteiger partial charge is 0.441 e. The van der Waals surface area contributed by atoms with E-state index in [1.54, 1.807) is 0 Å². The van der Waals surface area contributed by atoms with E-state index in [1.165, 1.54) is 6.42 Å². The molecule has 0 fully saturated rings. The Morgan fingerprint density at radius 1 is 1.36 bits per heavy atom. The van der Waals surface area contributed by atoms with Crippen molar-refractivity contribution in [2.24, 2.45) is 0 Å². The molecule has 0 amide bonds. The number of aryl methyl sites for hydroxylation is 1. The molecule has 0 atom stereocenters. The number of benzene rings is 1. The molecule has 2 aromatic rings. The molecular weight excluding hydrogens is 242 g/mol. The molecule has 1 heterocycles. The molecule has 0 N–H and O–H groups in total. The predicted molar refractivity (Wildman–Crippen MR) is 62.4 cm³/mol. The van der Waals surface area contributed by atoms with Gasteiger partial charge in [0.2, 0.25) is 0 Å². The Balaban J connectivity index is 0.000000293. The minimum absolute atomic E-state index is 0.707. The van der Waals surface area contributed by atoms with E-state index in [2.05, 4.69) is 34.8 Å². The van der Waals surface area contributed by atoms with E-state index >= 15 is 0 Å². The zero-order valence-corrected chi connectivity index (χ0v) is 10.3. The van der Waals surface area contributed by atoms with Crippen molar-refractivity contribution in [3.05, 3.63) is 28.6 Å². The second-order valence-corrected chi connectivity index (χ2v) is 3.97. The van der Waals surface area contributed by atoms with Gasteiger partial charge in [0.05, 0.1) is 0 Å². The van der Waals surface area contributed by atoms with Crippen LogP contribution in [0, 0.1) is 6.92 Å². The van der Waals surface area contributed by atoms with Gasteiger partial charge in [0, 0.05) is 11.4 Å². The van der Waals surface area contributed by atoms with Gasteiger partial charge in [-0.3, -0.25) is 0 Å². The van der Waals surface area contributed by atoms with Crippen molar-refractivity contribution < 1.29 is 4.42 Å². The van der Waals surface area contributed by atoms with Gasteiger partial charge in [0.1, 0.15) is 5.52 Å². The average molecular weight is 256 g/mol. The van der Waals surface area contributed by atoms with Gasteiger partial charge in [-0.2, -0.15) is 0 Å². The molecule has 2 nitrogen and oxygen atoms in total. The lowest BCUT2D eigenvalue weighted by Crippen LogP contribution is -1.67. The summed E-state index contributed by atoms with van der Waals surface area (Å²) in [5, 5.41) is 0. The highest BCUT2D eigenvalue weighted by Crippen LogP contribution is 2.19. The third-order valence-corrected chi connectivity index (χ3v) is 1.95. The first-order chi connectivity index (χ1) is 6.67. The number of nitrogens with zero attached hydrogens (tertiary/aromatic N) is 1. The lowest BCUT2D eigenvalue weighted by Gasteiger charge is -1.85. The summed E-state index contributed by atoms with van der Waals surface area (Å²) < 4.78 is 6.32. The highest BCUT2D eigenvalue weighted by Gasteiger charge is 2.00. The molecule has 0 spiro atoms. The van der Waals surface area contributed by atoms with Crippen molar-refractivity contribution in [3.8, 4) is 0 Å². The normalized spacial score (nSPS) is 9.71. The maximum absolute atomic E-state index is 5.29. The quantitative estimate of drug-likeness (QED) is 0.701. The third-order valence-electron chi connectivity index (χ3n) is 1.46. The first-order valence-corrected chi connectivity index (χ1v) is 5.49. The van der Waals surface area contributed by atoms with Gasteiger partial charge in [-0.05, 0) is 18.2 Å². The van der Waals surface area contributed by atoms with Crippen molar-refractivity contribution >= 4 is 27.0 Å². The fourth-order valence-corrected chi connectivity index (χ4v) is 1.36. The molecule has 0 aliphatic rings. The lowest BCUT2D eigenvalue weighted by molar-refractivity contribution is 0.561. The average Bonchev–Trinajstić information content (AvgIpc) is 2.45. The minimum atomic E-state index is 0.707. The van der Waals surface area contributed by atoms with E-state index in [0.717, 1.165) is 15.6 Å². The Kier molecular flexibility index (Phi) is 4.14.